The van der Waals surface area contributed by atoms with Crippen LogP contribution in [0.1, 0.15) is 4.88 Å². The lowest BCUT2D eigenvalue weighted by Crippen LogP contribution is -2.40. The summed E-state index contributed by atoms with van der Waals surface area (Å²) in [7, 11) is 1.21. The smallest absolute Gasteiger partial charge is 0.425 e. The molecule has 2 N–H and O–H groups in total. The number of nitrogens with one attached hydrogen (secondary N) is 2. The van der Waals surface area contributed by atoms with E-state index in [-0.39, 0.29) is 0 Å². The lowest BCUT2D eigenvalue weighted by atomic mass is 10.4. The molecule has 0 radical (unpaired) electrons. The van der Waals surface area contributed by atoms with Crippen LogP contribution in [0.2, 0.25) is 0 Å². The fraction of sp³-hybridized carbons (Fsp3) is 0.111. The van der Waals surface area contributed by atoms with Gasteiger partial charge in [0.05, 0.1) is 7.11 Å². The van der Waals surface area contributed by atoms with E-state index < -0.39 is 12.0 Å². The molecule has 0 aliphatic rings. The molecular formula is C9H10N2O3S. The Hall–Kier alpha value is -1.82. The molecule has 0 fully saturated rings. The van der Waals surface area contributed by atoms with Crippen LogP contribution in [0, 0.1) is 0 Å². The van der Waals surface area contributed by atoms with Gasteiger partial charge in [0.2, 0.25) is 0 Å². The van der Waals surface area contributed by atoms with Gasteiger partial charge in [0.15, 0.2) is 0 Å². The highest BCUT2D eigenvalue weighted by atomic mass is 32.1. The molecule has 0 saturated carbocycles. The Bertz CT molecular complexity index is 359. The van der Waals surface area contributed by atoms with Crippen molar-refractivity contribution in [2.75, 3.05) is 7.11 Å². The molecule has 1 aromatic rings. The second-order valence-electron chi connectivity index (χ2n) is 2.45. The third kappa shape index (κ3) is 4.28. The normalized spacial score (nSPS) is 9.93. The summed E-state index contributed by atoms with van der Waals surface area (Å²) in [6.45, 7) is 0. The molecule has 80 valence electrons. The number of amides is 2. The molecule has 1 rings (SSSR count). The minimum atomic E-state index is -0.715. The standard InChI is InChI=1S/C9H10N2O3S/c1-14-9(13)11-10-8(12)5-4-7-3-2-6-15-7/h2-6H,1H3,(H,10,12)(H,11,13). The Kier molecular flexibility index (Phi) is 4.36. The Balaban J connectivity index is 2.33. The third-order valence-electron chi connectivity index (χ3n) is 1.42. The van der Waals surface area contributed by atoms with E-state index >= 15 is 0 Å². The van der Waals surface area contributed by atoms with Crippen molar-refractivity contribution < 1.29 is 14.3 Å². The van der Waals surface area contributed by atoms with Crippen LogP contribution in [0.3, 0.4) is 0 Å². The van der Waals surface area contributed by atoms with Crippen LogP contribution in [0.4, 0.5) is 4.79 Å². The zero-order valence-electron chi connectivity index (χ0n) is 8.02. The molecule has 0 unspecified atom stereocenters. The van der Waals surface area contributed by atoms with Crippen molar-refractivity contribution in [3.05, 3.63) is 28.5 Å². The molecule has 15 heavy (non-hydrogen) atoms. The highest BCUT2D eigenvalue weighted by Crippen LogP contribution is 2.09. The van der Waals surface area contributed by atoms with Crippen molar-refractivity contribution in [2.24, 2.45) is 0 Å². The van der Waals surface area contributed by atoms with Gasteiger partial charge in [-0.25, -0.2) is 10.2 Å². The fourth-order valence-corrected chi connectivity index (χ4v) is 1.37. The number of methoxy groups -OCH3 is 1. The maximum Gasteiger partial charge on any atom is 0.425 e. The zero-order valence-corrected chi connectivity index (χ0v) is 8.84. The van der Waals surface area contributed by atoms with Crippen LogP contribution in [0.5, 0.6) is 0 Å². The molecule has 0 saturated heterocycles. The van der Waals surface area contributed by atoms with E-state index in [1.54, 1.807) is 6.08 Å². The monoisotopic (exact) mass is 226 g/mol. The molecule has 0 aliphatic carbocycles. The quantitative estimate of drug-likeness (QED) is 0.587. The predicted octanol–water partition coefficient (Wildman–Crippen LogP) is 1.15. The van der Waals surface area contributed by atoms with E-state index in [0.29, 0.717) is 0 Å². The highest BCUT2D eigenvalue weighted by molar-refractivity contribution is 7.10. The van der Waals surface area contributed by atoms with Crippen molar-refractivity contribution in [3.63, 3.8) is 0 Å². The number of rotatable bonds is 2. The van der Waals surface area contributed by atoms with Crippen LogP contribution in [-0.2, 0) is 9.53 Å². The molecule has 0 spiro atoms. The molecule has 0 aromatic carbocycles. The summed E-state index contributed by atoms with van der Waals surface area (Å²) in [4.78, 5) is 22.6. The first-order valence-electron chi connectivity index (χ1n) is 4.08. The molecule has 1 heterocycles. The SMILES string of the molecule is COC(=O)NNC(=O)C=Cc1cccs1. The van der Waals surface area contributed by atoms with Gasteiger partial charge in [-0.3, -0.25) is 10.2 Å². The third-order valence-corrected chi connectivity index (χ3v) is 2.25. The van der Waals surface area contributed by atoms with E-state index in [4.69, 9.17) is 0 Å². The van der Waals surface area contributed by atoms with Gasteiger partial charge in [0.25, 0.3) is 5.91 Å². The van der Waals surface area contributed by atoms with Crippen LogP contribution < -0.4 is 10.9 Å². The predicted molar refractivity (Wildman–Crippen MR) is 57.0 cm³/mol. The molecule has 1 aromatic heterocycles. The van der Waals surface area contributed by atoms with Crippen molar-refractivity contribution in [1.82, 2.24) is 10.9 Å². The number of thiophene rings is 1. The molecule has 0 atom stereocenters. The molecule has 6 heteroatoms. The topological polar surface area (TPSA) is 67.4 Å². The zero-order chi connectivity index (χ0) is 11.1. The first-order chi connectivity index (χ1) is 7.22. The summed E-state index contributed by atoms with van der Waals surface area (Å²) < 4.78 is 4.26. The summed E-state index contributed by atoms with van der Waals surface area (Å²) in [5.74, 6) is -0.422. The average Bonchev–Trinajstić information content (AvgIpc) is 2.75. The number of hydrazine groups is 1. The Morgan fingerprint density at radius 2 is 2.27 bits per heavy atom. The summed E-state index contributed by atoms with van der Waals surface area (Å²) in [5.41, 5.74) is 4.20. The van der Waals surface area contributed by atoms with E-state index in [1.165, 1.54) is 24.5 Å². The minimum Gasteiger partial charge on any atom is -0.452 e. The molecule has 0 aliphatic heterocycles. The summed E-state index contributed by atoms with van der Waals surface area (Å²) in [6, 6.07) is 3.76. The summed E-state index contributed by atoms with van der Waals surface area (Å²) in [6.07, 6.45) is 2.26. The maximum absolute atomic E-state index is 11.1. The van der Waals surface area contributed by atoms with E-state index in [1.807, 2.05) is 17.5 Å². The maximum atomic E-state index is 11.1. The van der Waals surface area contributed by atoms with Crippen LogP contribution >= 0.6 is 11.3 Å². The van der Waals surface area contributed by atoms with Crippen LogP contribution in [-0.4, -0.2) is 19.1 Å². The average molecular weight is 226 g/mol. The first kappa shape index (κ1) is 11.3. The number of hydrogen-bond donors (Lipinski definition) is 2. The molecule has 0 bridgehead atoms. The Labute approximate surface area is 90.7 Å². The summed E-state index contributed by atoms with van der Waals surface area (Å²) in [5, 5.41) is 1.91. The van der Waals surface area contributed by atoms with Crippen molar-refractivity contribution >= 4 is 29.4 Å². The van der Waals surface area contributed by atoms with Crippen molar-refractivity contribution in [2.45, 2.75) is 0 Å². The van der Waals surface area contributed by atoms with Crippen LogP contribution in [0.25, 0.3) is 6.08 Å². The largest absolute Gasteiger partial charge is 0.452 e. The lowest BCUT2D eigenvalue weighted by molar-refractivity contribution is -0.117. The number of hydrogen-bond acceptors (Lipinski definition) is 4. The minimum absolute atomic E-state index is 0.422. The second-order valence-corrected chi connectivity index (χ2v) is 3.43. The van der Waals surface area contributed by atoms with Gasteiger partial charge in [-0.1, -0.05) is 6.07 Å². The van der Waals surface area contributed by atoms with Crippen LogP contribution in [0.15, 0.2) is 23.6 Å². The lowest BCUT2D eigenvalue weighted by Gasteiger charge is -2.01. The molecular weight excluding hydrogens is 216 g/mol. The van der Waals surface area contributed by atoms with Gasteiger partial charge in [-0.05, 0) is 17.5 Å². The van der Waals surface area contributed by atoms with Gasteiger partial charge in [-0.15, -0.1) is 11.3 Å². The number of carbonyl (C=O) groups excluding carboxylic acids is 2. The summed E-state index contributed by atoms with van der Waals surface area (Å²) >= 11 is 1.51. The van der Waals surface area contributed by atoms with E-state index in [0.717, 1.165) is 4.88 Å². The fourth-order valence-electron chi connectivity index (χ4n) is 0.749. The van der Waals surface area contributed by atoms with Gasteiger partial charge in [0.1, 0.15) is 0 Å². The Morgan fingerprint density at radius 1 is 1.47 bits per heavy atom. The van der Waals surface area contributed by atoms with Gasteiger partial charge < -0.3 is 4.74 Å². The van der Waals surface area contributed by atoms with E-state index in [2.05, 4.69) is 15.6 Å². The second kappa shape index (κ2) is 5.82. The molecule has 5 nitrogen and oxygen atoms in total. The van der Waals surface area contributed by atoms with Gasteiger partial charge in [0, 0.05) is 11.0 Å². The van der Waals surface area contributed by atoms with Gasteiger partial charge in [-0.2, -0.15) is 0 Å². The van der Waals surface area contributed by atoms with Crippen molar-refractivity contribution in [3.8, 4) is 0 Å². The number of ether oxygens (including phenoxy) is 1. The van der Waals surface area contributed by atoms with Crippen molar-refractivity contribution in [1.29, 1.82) is 0 Å². The van der Waals surface area contributed by atoms with E-state index in [9.17, 15) is 9.59 Å². The number of carbonyl (C=O) groups is 2. The molecule has 2 amide bonds. The first-order valence-corrected chi connectivity index (χ1v) is 4.96. The van der Waals surface area contributed by atoms with Gasteiger partial charge >= 0.3 is 6.09 Å². The Morgan fingerprint density at radius 3 is 2.87 bits per heavy atom. The highest BCUT2D eigenvalue weighted by Gasteiger charge is 1.99.